The molecule has 2 aromatic heterocycles. The molecule has 0 aliphatic heterocycles. The van der Waals surface area contributed by atoms with E-state index in [2.05, 4.69) is 41.2 Å². The number of hydrogen-bond acceptors (Lipinski definition) is 4. The molecule has 0 bridgehead atoms. The maximum atomic E-state index is 7.46. The van der Waals surface area contributed by atoms with Gasteiger partial charge in [-0.15, -0.1) is 11.3 Å². The molecule has 5 heteroatoms. The van der Waals surface area contributed by atoms with Crippen LogP contribution in [0.2, 0.25) is 0 Å². The molecular formula is C15H20N4S. The SMILES string of the molecule is CC(C)N(Cc1ccnc(C(=N)N)c1)Cc1cccs1. The molecule has 20 heavy (non-hydrogen) atoms. The summed E-state index contributed by atoms with van der Waals surface area (Å²) in [5.41, 5.74) is 7.17. The lowest BCUT2D eigenvalue weighted by Gasteiger charge is -2.26. The number of amidine groups is 1. The van der Waals surface area contributed by atoms with E-state index < -0.39 is 0 Å². The monoisotopic (exact) mass is 288 g/mol. The molecule has 0 atom stereocenters. The van der Waals surface area contributed by atoms with Crippen molar-refractivity contribution in [3.8, 4) is 0 Å². The molecule has 2 rings (SSSR count). The molecule has 0 aliphatic carbocycles. The molecular weight excluding hydrogens is 268 g/mol. The number of hydrogen-bond donors (Lipinski definition) is 2. The van der Waals surface area contributed by atoms with E-state index in [1.165, 1.54) is 4.88 Å². The minimum absolute atomic E-state index is 0.0150. The summed E-state index contributed by atoms with van der Waals surface area (Å²) in [6.45, 7) is 6.16. The normalized spacial score (nSPS) is 11.2. The van der Waals surface area contributed by atoms with Crippen LogP contribution < -0.4 is 5.73 Å². The van der Waals surface area contributed by atoms with Crippen molar-refractivity contribution in [3.63, 3.8) is 0 Å². The second-order valence-corrected chi connectivity index (χ2v) is 6.07. The molecule has 0 fully saturated rings. The highest BCUT2D eigenvalue weighted by Crippen LogP contribution is 2.16. The van der Waals surface area contributed by atoms with E-state index in [1.54, 1.807) is 17.5 Å². The lowest BCUT2D eigenvalue weighted by atomic mass is 10.2. The Morgan fingerprint density at radius 2 is 2.20 bits per heavy atom. The van der Waals surface area contributed by atoms with Gasteiger partial charge in [0.1, 0.15) is 11.5 Å². The van der Waals surface area contributed by atoms with Gasteiger partial charge in [-0.2, -0.15) is 0 Å². The smallest absolute Gasteiger partial charge is 0.141 e. The topological polar surface area (TPSA) is 66.0 Å². The fourth-order valence-corrected chi connectivity index (χ4v) is 2.71. The first-order valence-electron chi connectivity index (χ1n) is 6.62. The predicted octanol–water partition coefficient (Wildman–Crippen LogP) is 2.84. The number of rotatable bonds is 6. The molecule has 0 saturated carbocycles. The molecule has 2 aromatic rings. The zero-order valence-corrected chi connectivity index (χ0v) is 12.7. The molecule has 0 aromatic carbocycles. The molecule has 0 spiro atoms. The van der Waals surface area contributed by atoms with E-state index in [-0.39, 0.29) is 5.84 Å². The Balaban J connectivity index is 2.11. The van der Waals surface area contributed by atoms with E-state index in [0.29, 0.717) is 11.7 Å². The van der Waals surface area contributed by atoms with Gasteiger partial charge < -0.3 is 5.73 Å². The molecule has 0 amide bonds. The number of thiophene rings is 1. The summed E-state index contributed by atoms with van der Waals surface area (Å²) in [4.78, 5) is 7.86. The Labute approximate surface area is 123 Å². The number of aromatic nitrogens is 1. The zero-order valence-electron chi connectivity index (χ0n) is 11.8. The second-order valence-electron chi connectivity index (χ2n) is 5.04. The molecule has 106 valence electrons. The van der Waals surface area contributed by atoms with Crippen molar-refractivity contribution in [2.24, 2.45) is 5.73 Å². The molecule has 4 nitrogen and oxygen atoms in total. The van der Waals surface area contributed by atoms with Gasteiger partial charge in [0.25, 0.3) is 0 Å². The summed E-state index contributed by atoms with van der Waals surface area (Å²) >= 11 is 1.78. The highest BCUT2D eigenvalue weighted by Gasteiger charge is 2.12. The fraction of sp³-hybridized carbons (Fsp3) is 0.333. The maximum Gasteiger partial charge on any atom is 0.141 e. The van der Waals surface area contributed by atoms with Crippen LogP contribution in [0.1, 0.15) is 30.0 Å². The van der Waals surface area contributed by atoms with Crippen molar-refractivity contribution in [2.75, 3.05) is 0 Å². The Morgan fingerprint density at radius 3 is 2.80 bits per heavy atom. The van der Waals surface area contributed by atoms with E-state index >= 15 is 0 Å². The van der Waals surface area contributed by atoms with Crippen molar-refractivity contribution in [1.82, 2.24) is 9.88 Å². The first-order valence-corrected chi connectivity index (χ1v) is 7.50. The highest BCUT2D eigenvalue weighted by molar-refractivity contribution is 7.09. The fourth-order valence-electron chi connectivity index (χ4n) is 1.98. The third-order valence-corrected chi connectivity index (χ3v) is 4.02. The Hall–Kier alpha value is -1.72. The molecule has 0 unspecified atom stereocenters. The van der Waals surface area contributed by atoms with Crippen LogP contribution in [0.4, 0.5) is 0 Å². The van der Waals surface area contributed by atoms with Crippen molar-refractivity contribution in [1.29, 1.82) is 5.41 Å². The van der Waals surface area contributed by atoms with Crippen molar-refractivity contribution in [3.05, 3.63) is 52.0 Å². The standard InChI is InChI=1S/C15H20N4S/c1-11(2)19(10-13-4-3-7-20-13)9-12-5-6-18-14(8-12)15(16)17/h3-8,11H,9-10H2,1-2H3,(H3,16,17). The maximum absolute atomic E-state index is 7.46. The number of nitrogens with one attached hydrogen (secondary N) is 1. The summed E-state index contributed by atoms with van der Waals surface area (Å²) in [7, 11) is 0. The van der Waals surface area contributed by atoms with Crippen LogP contribution in [-0.4, -0.2) is 21.8 Å². The Kier molecular flexibility index (Phi) is 4.87. The molecule has 0 saturated heterocycles. The Bertz CT molecular complexity index is 563. The lowest BCUT2D eigenvalue weighted by Crippen LogP contribution is -2.29. The summed E-state index contributed by atoms with van der Waals surface area (Å²) in [5.74, 6) is 0.0150. The van der Waals surface area contributed by atoms with Crippen molar-refractivity contribution in [2.45, 2.75) is 33.0 Å². The van der Waals surface area contributed by atoms with Gasteiger partial charge in [0.2, 0.25) is 0 Å². The minimum Gasteiger partial charge on any atom is -0.382 e. The van der Waals surface area contributed by atoms with Crippen LogP contribution in [0.3, 0.4) is 0 Å². The zero-order chi connectivity index (χ0) is 14.5. The van der Waals surface area contributed by atoms with E-state index in [9.17, 15) is 0 Å². The van der Waals surface area contributed by atoms with Gasteiger partial charge in [0.05, 0.1) is 0 Å². The molecule has 2 heterocycles. The number of nitrogens with zero attached hydrogens (tertiary/aromatic N) is 2. The van der Waals surface area contributed by atoms with Gasteiger partial charge in [0.15, 0.2) is 0 Å². The van der Waals surface area contributed by atoms with Crippen molar-refractivity contribution < 1.29 is 0 Å². The van der Waals surface area contributed by atoms with E-state index in [1.807, 2.05) is 12.1 Å². The van der Waals surface area contributed by atoms with E-state index in [0.717, 1.165) is 18.7 Å². The van der Waals surface area contributed by atoms with Gasteiger partial charge in [-0.25, -0.2) is 0 Å². The predicted molar refractivity (Wildman–Crippen MR) is 84.0 cm³/mol. The van der Waals surface area contributed by atoms with Crippen LogP contribution in [0, 0.1) is 5.41 Å². The van der Waals surface area contributed by atoms with Crippen LogP contribution in [0.15, 0.2) is 35.8 Å². The van der Waals surface area contributed by atoms with Gasteiger partial charge >= 0.3 is 0 Å². The summed E-state index contributed by atoms with van der Waals surface area (Å²) in [6, 6.07) is 8.57. The third-order valence-electron chi connectivity index (χ3n) is 3.16. The molecule has 3 N–H and O–H groups in total. The molecule has 0 aliphatic rings. The average Bonchev–Trinajstić information content (AvgIpc) is 2.91. The first-order chi connectivity index (χ1) is 9.56. The largest absolute Gasteiger partial charge is 0.382 e. The number of nitrogen functional groups attached to an aromatic ring is 1. The molecule has 0 radical (unpaired) electrons. The summed E-state index contributed by atoms with van der Waals surface area (Å²) < 4.78 is 0. The van der Waals surface area contributed by atoms with Crippen LogP contribution in [0.5, 0.6) is 0 Å². The van der Waals surface area contributed by atoms with Gasteiger partial charge in [-0.05, 0) is 43.0 Å². The van der Waals surface area contributed by atoms with Gasteiger partial charge in [0, 0.05) is 30.2 Å². The highest BCUT2D eigenvalue weighted by atomic mass is 32.1. The third kappa shape index (κ3) is 3.88. The first kappa shape index (κ1) is 14.7. The van der Waals surface area contributed by atoms with E-state index in [4.69, 9.17) is 11.1 Å². The van der Waals surface area contributed by atoms with Crippen LogP contribution in [-0.2, 0) is 13.1 Å². The van der Waals surface area contributed by atoms with Gasteiger partial charge in [-0.3, -0.25) is 15.3 Å². The average molecular weight is 288 g/mol. The summed E-state index contributed by atoms with van der Waals surface area (Å²) in [5, 5.41) is 9.57. The van der Waals surface area contributed by atoms with Gasteiger partial charge in [-0.1, -0.05) is 6.07 Å². The Morgan fingerprint density at radius 1 is 1.40 bits per heavy atom. The van der Waals surface area contributed by atoms with Crippen LogP contribution in [0.25, 0.3) is 0 Å². The lowest BCUT2D eigenvalue weighted by molar-refractivity contribution is 0.205. The quantitative estimate of drug-likeness (QED) is 0.634. The summed E-state index contributed by atoms with van der Waals surface area (Å²) in [6.07, 6.45) is 1.72. The second kappa shape index (κ2) is 6.63. The van der Waals surface area contributed by atoms with Crippen LogP contribution >= 0.6 is 11.3 Å². The minimum atomic E-state index is 0.0150. The number of pyridine rings is 1. The van der Waals surface area contributed by atoms with Crippen molar-refractivity contribution >= 4 is 17.2 Å². The number of nitrogens with two attached hydrogens (primary N) is 1.